The monoisotopic (exact) mass is 85.1 g/mol. The molecule has 0 bridgehead atoms. The van der Waals surface area contributed by atoms with Crippen LogP contribution in [0.15, 0.2) is 0 Å². The summed E-state index contributed by atoms with van der Waals surface area (Å²) in [6, 6.07) is 0. The van der Waals surface area contributed by atoms with Crippen molar-refractivity contribution in [3.8, 4) is 0 Å². The molecule has 0 saturated heterocycles. The molecule has 0 aliphatic heterocycles. The van der Waals surface area contributed by atoms with Crippen molar-refractivity contribution in [1.29, 1.82) is 0 Å². The third-order valence-corrected chi connectivity index (χ3v) is 1.33. The summed E-state index contributed by atoms with van der Waals surface area (Å²) >= 11 is 0. The largest absolute Gasteiger partial charge is 0.233 e. The van der Waals surface area contributed by atoms with E-state index >= 15 is 0 Å². The molecule has 1 rings (SSSR count). The van der Waals surface area contributed by atoms with E-state index in [1.807, 2.05) is 0 Å². The predicted octanol–water partition coefficient (Wildman–Crippen LogP) is 1.22. The molecule has 1 heteroatoms. The van der Waals surface area contributed by atoms with Crippen LogP contribution < -0.4 is 0 Å². The smallest absolute Gasteiger partial charge is 0.0935 e. The van der Waals surface area contributed by atoms with Gasteiger partial charge in [-0.3, -0.25) is 0 Å². The highest BCUT2D eigenvalue weighted by atomic mass is 16.3. The summed E-state index contributed by atoms with van der Waals surface area (Å²) in [4.78, 5) is 0. The first-order valence-electron chi connectivity index (χ1n) is 2.45. The first-order valence-corrected chi connectivity index (χ1v) is 2.45. The summed E-state index contributed by atoms with van der Waals surface area (Å²) in [5.74, 6) is 0.729. The summed E-state index contributed by atoms with van der Waals surface area (Å²) in [6.07, 6.45) is 1.62. The Bertz CT molecular complexity index is 39.9. The molecule has 0 unspecified atom stereocenters. The molecular weight excluding hydrogens is 76.1 g/mol. The molecule has 0 atom stereocenters. The molecule has 35 valence electrons. The predicted molar refractivity (Wildman–Crippen MR) is 22.9 cm³/mol. The van der Waals surface area contributed by atoms with E-state index in [-0.39, 0.29) is 6.10 Å². The Morgan fingerprint density at radius 3 is 2.00 bits per heavy atom. The molecule has 0 amide bonds. The van der Waals surface area contributed by atoms with Crippen LogP contribution in [0.25, 0.3) is 0 Å². The van der Waals surface area contributed by atoms with Gasteiger partial charge in [0.15, 0.2) is 0 Å². The summed E-state index contributed by atoms with van der Waals surface area (Å²) in [5, 5.41) is 10.2. The second kappa shape index (κ2) is 1.23. The minimum atomic E-state index is -0.208. The molecule has 6 heavy (non-hydrogen) atoms. The number of rotatable bonds is 0. The fraction of sp³-hybridized carbons (Fsp3) is 1.00. The van der Waals surface area contributed by atoms with Crippen molar-refractivity contribution < 1.29 is 5.11 Å². The molecule has 1 aliphatic rings. The van der Waals surface area contributed by atoms with Gasteiger partial charge in [0.05, 0.1) is 6.10 Å². The first kappa shape index (κ1) is 4.13. The summed E-state index contributed by atoms with van der Waals surface area (Å²) in [6.45, 7) is 2.12. The van der Waals surface area contributed by atoms with Gasteiger partial charge in [0.25, 0.3) is 0 Å². The highest BCUT2D eigenvalue weighted by Crippen LogP contribution is 2.25. The second-order valence-electron chi connectivity index (χ2n) is 2.20. The van der Waals surface area contributed by atoms with E-state index in [4.69, 9.17) is 0 Å². The van der Waals surface area contributed by atoms with Gasteiger partial charge in [-0.2, -0.15) is 0 Å². The number of hydrogen-bond donors (Lipinski definition) is 0. The zero-order valence-corrected chi connectivity index (χ0v) is 3.98. The molecule has 0 aromatic carbocycles. The van der Waals surface area contributed by atoms with Crippen molar-refractivity contribution in [1.82, 2.24) is 0 Å². The highest BCUT2D eigenvalue weighted by Gasteiger charge is 2.23. The van der Waals surface area contributed by atoms with Crippen LogP contribution in [0.1, 0.15) is 19.8 Å². The Kier molecular flexibility index (Phi) is 0.845. The lowest BCUT2D eigenvalue weighted by molar-refractivity contribution is -0.00834. The topological polar surface area (TPSA) is 19.9 Å². The Morgan fingerprint density at radius 2 is 2.00 bits per heavy atom. The fourth-order valence-corrected chi connectivity index (χ4v) is 0.829. The molecule has 1 saturated carbocycles. The molecule has 1 aliphatic carbocycles. The zero-order chi connectivity index (χ0) is 4.57. The van der Waals surface area contributed by atoms with Crippen molar-refractivity contribution in [2.24, 2.45) is 5.92 Å². The maximum Gasteiger partial charge on any atom is 0.0935 e. The Balaban J connectivity index is 2.11. The third kappa shape index (κ3) is 0.548. The molecular formula is C5H9O. The van der Waals surface area contributed by atoms with Gasteiger partial charge >= 0.3 is 0 Å². The van der Waals surface area contributed by atoms with E-state index in [2.05, 4.69) is 6.92 Å². The normalized spacial score (nSPS) is 45.0. The van der Waals surface area contributed by atoms with E-state index in [0.29, 0.717) is 0 Å². The average Bonchev–Trinajstić information content (AvgIpc) is 1.33. The SMILES string of the molecule is CC1CC([O])C1. The van der Waals surface area contributed by atoms with Crippen LogP contribution in [0.2, 0.25) is 0 Å². The molecule has 1 nitrogen and oxygen atoms in total. The van der Waals surface area contributed by atoms with Crippen molar-refractivity contribution in [3.63, 3.8) is 0 Å². The quantitative estimate of drug-likeness (QED) is 0.421. The van der Waals surface area contributed by atoms with Crippen molar-refractivity contribution in [2.45, 2.75) is 25.9 Å². The molecule has 0 aromatic heterocycles. The molecule has 0 heterocycles. The maximum atomic E-state index is 10.2. The van der Waals surface area contributed by atoms with Gasteiger partial charge < -0.3 is 0 Å². The van der Waals surface area contributed by atoms with Crippen molar-refractivity contribution in [3.05, 3.63) is 0 Å². The van der Waals surface area contributed by atoms with Crippen molar-refractivity contribution in [2.75, 3.05) is 0 Å². The van der Waals surface area contributed by atoms with Gasteiger partial charge in [0, 0.05) is 0 Å². The summed E-state index contributed by atoms with van der Waals surface area (Å²) in [5.41, 5.74) is 0. The minimum absolute atomic E-state index is 0.208. The fourth-order valence-electron chi connectivity index (χ4n) is 0.829. The van der Waals surface area contributed by atoms with Gasteiger partial charge in [-0.1, -0.05) is 6.92 Å². The molecule has 0 spiro atoms. The molecule has 0 N–H and O–H groups in total. The van der Waals surface area contributed by atoms with E-state index < -0.39 is 0 Å². The second-order valence-corrected chi connectivity index (χ2v) is 2.20. The van der Waals surface area contributed by atoms with E-state index in [9.17, 15) is 5.11 Å². The maximum absolute atomic E-state index is 10.2. The van der Waals surface area contributed by atoms with Crippen LogP contribution in [0, 0.1) is 5.92 Å². The van der Waals surface area contributed by atoms with Gasteiger partial charge in [-0.15, -0.1) is 0 Å². The number of hydrogen-bond acceptors (Lipinski definition) is 0. The third-order valence-electron chi connectivity index (χ3n) is 1.33. The van der Waals surface area contributed by atoms with E-state index in [1.54, 1.807) is 0 Å². The Morgan fingerprint density at radius 1 is 1.50 bits per heavy atom. The molecule has 0 aromatic rings. The van der Waals surface area contributed by atoms with Crippen LogP contribution in [0.3, 0.4) is 0 Å². The van der Waals surface area contributed by atoms with Gasteiger partial charge in [0.1, 0.15) is 0 Å². The van der Waals surface area contributed by atoms with Crippen LogP contribution in [0.4, 0.5) is 0 Å². The highest BCUT2D eigenvalue weighted by molar-refractivity contribution is 4.73. The molecule has 1 fully saturated rings. The van der Waals surface area contributed by atoms with Crippen molar-refractivity contribution >= 4 is 0 Å². The Hall–Kier alpha value is -0.0400. The first-order chi connectivity index (χ1) is 2.79. The van der Waals surface area contributed by atoms with Crippen LogP contribution in [0.5, 0.6) is 0 Å². The van der Waals surface area contributed by atoms with Gasteiger partial charge in [0.2, 0.25) is 0 Å². The van der Waals surface area contributed by atoms with Gasteiger partial charge in [-0.05, 0) is 18.8 Å². The lowest BCUT2D eigenvalue weighted by Gasteiger charge is -2.25. The van der Waals surface area contributed by atoms with Crippen LogP contribution in [-0.2, 0) is 5.11 Å². The average molecular weight is 85.1 g/mol. The van der Waals surface area contributed by atoms with Gasteiger partial charge in [-0.25, -0.2) is 5.11 Å². The molecule has 1 radical (unpaired) electrons. The van der Waals surface area contributed by atoms with E-state index in [1.165, 1.54) is 0 Å². The lowest BCUT2D eigenvalue weighted by Crippen LogP contribution is -2.24. The lowest BCUT2D eigenvalue weighted by atomic mass is 9.84. The Labute approximate surface area is 38.0 Å². The minimum Gasteiger partial charge on any atom is -0.233 e. The summed E-state index contributed by atoms with van der Waals surface area (Å²) in [7, 11) is 0. The summed E-state index contributed by atoms with van der Waals surface area (Å²) < 4.78 is 0. The van der Waals surface area contributed by atoms with E-state index in [0.717, 1.165) is 18.8 Å². The zero-order valence-electron chi connectivity index (χ0n) is 3.98. The van der Waals surface area contributed by atoms with Crippen LogP contribution in [-0.4, -0.2) is 6.10 Å². The van der Waals surface area contributed by atoms with Crippen LogP contribution >= 0.6 is 0 Å². The standard InChI is InChI=1S/C5H9O/c1-4-2-5(6)3-4/h4-5H,2-3H2,1H3.